The second kappa shape index (κ2) is 10.9. The molecule has 1 aliphatic carbocycles. The van der Waals surface area contributed by atoms with E-state index >= 15 is 0 Å². The van der Waals surface area contributed by atoms with Crippen LogP contribution in [0.4, 0.5) is 5.69 Å². The number of nitro groups is 1. The molecule has 0 aliphatic heterocycles. The van der Waals surface area contributed by atoms with E-state index in [2.05, 4.69) is 10.5 Å². The van der Waals surface area contributed by atoms with Gasteiger partial charge in [0.05, 0.1) is 4.92 Å². The summed E-state index contributed by atoms with van der Waals surface area (Å²) >= 11 is 5.78. The Morgan fingerprint density at radius 2 is 1.54 bits per heavy atom. The number of hydrogen-bond donors (Lipinski definition) is 1. The molecule has 142 valence electrons. The molecule has 0 atom stereocenters. The highest BCUT2D eigenvalue weighted by molar-refractivity contribution is 6.32. The molecule has 1 aromatic rings. The molecule has 0 saturated heterocycles. The molecular formula is C19H26ClN3O3. The molecular weight excluding hydrogens is 354 g/mol. The van der Waals surface area contributed by atoms with Crippen molar-refractivity contribution in [2.75, 3.05) is 0 Å². The van der Waals surface area contributed by atoms with E-state index in [0.717, 1.165) is 31.4 Å². The van der Waals surface area contributed by atoms with Crippen LogP contribution in [0.1, 0.15) is 81.0 Å². The van der Waals surface area contributed by atoms with Gasteiger partial charge in [0.1, 0.15) is 5.02 Å². The lowest BCUT2D eigenvalue weighted by molar-refractivity contribution is -0.384. The van der Waals surface area contributed by atoms with Gasteiger partial charge in [-0.25, -0.2) is 5.43 Å². The van der Waals surface area contributed by atoms with Crippen LogP contribution in [0.25, 0.3) is 0 Å². The first-order chi connectivity index (χ1) is 12.6. The first-order valence-corrected chi connectivity index (χ1v) is 9.75. The fourth-order valence-corrected chi connectivity index (χ4v) is 3.31. The molecule has 0 radical (unpaired) electrons. The molecule has 1 amide bonds. The first-order valence-electron chi connectivity index (χ1n) is 9.37. The number of rotatable bonds is 3. The van der Waals surface area contributed by atoms with Crippen molar-refractivity contribution < 1.29 is 9.72 Å². The highest BCUT2D eigenvalue weighted by Crippen LogP contribution is 2.25. The third kappa shape index (κ3) is 6.75. The third-order valence-corrected chi connectivity index (χ3v) is 4.97. The topological polar surface area (TPSA) is 84.6 Å². The van der Waals surface area contributed by atoms with E-state index in [4.69, 9.17) is 11.6 Å². The lowest BCUT2D eigenvalue weighted by atomic mass is 10.00. The Morgan fingerprint density at radius 3 is 2.08 bits per heavy atom. The van der Waals surface area contributed by atoms with E-state index < -0.39 is 10.8 Å². The Kier molecular flexibility index (Phi) is 8.54. The maximum atomic E-state index is 12.3. The molecule has 0 unspecified atom stereocenters. The molecule has 6 nitrogen and oxygen atoms in total. The molecule has 1 saturated carbocycles. The zero-order valence-electron chi connectivity index (χ0n) is 15.0. The summed E-state index contributed by atoms with van der Waals surface area (Å²) in [5, 5.41) is 15.3. The van der Waals surface area contributed by atoms with Gasteiger partial charge in [0.2, 0.25) is 0 Å². The molecule has 2 rings (SSSR count). The first kappa shape index (κ1) is 20.4. The molecule has 0 aromatic heterocycles. The highest BCUT2D eigenvalue weighted by Gasteiger charge is 2.16. The number of hydrogen-bond acceptors (Lipinski definition) is 4. The van der Waals surface area contributed by atoms with Crippen molar-refractivity contribution in [3.8, 4) is 0 Å². The van der Waals surface area contributed by atoms with E-state index in [1.54, 1.807) is 0 Å². The molecule has 0 spiro atoms. The molecule has 1 N–H and O–H groups in total. The van der Waals surface area contributed by atoms with Crippen molar-refractivity contribution in [1.29, 1.82) is 0 Å². The number of carbonyl (C=O) groups is 1. The Labute approximate surface area is 159 Å². The van der Waals surface area contributed by atoms with Crippen LogP contribution < -0.4 is 5.43 Å². The van der Waals surface area contributed by atoms with E-state index in [1.807, 2.05) is 0 Å². The van der Waals surface area contributed by atoms with Crippen molar-refractivity contribution in [3.63, 3.8) is 0 Å². The normalized spacial score (nSPS) is 16.9. The Bertz CT molecular complexity index is 647. The SMILES string of the molecule is O=C(NN=C1CCCCCCCCCCC1)c1ccc(Cl)c([N+](=O)[O-])c1. The summed E-state index contributed by atoms with van der Waals surface area (Å²) < 4.78 is 0. The Hall–Kier alpha value is -1.95. The monoisotopic (exact) mass is 379 g/mol. The van der Waals surface area contributed by atoms with Gasteiger partial charge in [-0.3, -0.25) is 14.9 Å². The molecule has 0 bridgehead atoms. The standard InChI is InChI=1S/C19H26ClN3O3/c20-17-13-12-15(14-18(17)23(25)26)19(24)22-21-16-10-8-6-4-2-1-3-5-7-9-11-16/h12-14H,1-11H2,(H,22,24). The van der Waals surface area contributed by atoms with Crippen LogP contribution in [0, 0.1) is 10.1 Å². The van der Waals surface area contributed by atoms with Crippen LogP contribution in [0.15, 0.2) is 23.3 Å². The van der Waals surface area contributed by atoms with E-state index in [0.29, 0.717) is 0 Å². The Balaban J connectivity index is 1.99. The summed E-state index contributed by atoms with van der Waals surface area (Å²) in [6, 6.07) is 4.00. The van der Waals surface area contributed by atoms with Crippen molar-refractivity contribution in [2.45, 2.75) is 70.6 Å². The Morgan fingerprint density at radius 1 is 1.00 bits per heavy atom. The van der Waals surface area contributed by atoms with E-state index in [-0.39, 0.29) is 16.3 Å². The second-order valence-corrected chi connectivity index (χ2v) is 7.13. The van der Waals surface area contributed by atoms with Crippen LogP contribution in [0.3, 0.4) is 0 Å². The minimum atomic E-state index is -0.599. The van der Waals surface area contributed by atoms with Gasteiger partial charge in [-0.1, -0.05) is 56.5 Å². The summed E-state index contributed by atoms with van der Waals surface area (Å²) in [6.45, 7) is 0. The summed E-state index contributed by atoms with van der Waals surface area (Å²) in [6.07, 6.45) is 12.8. The quantitative estimate of drug-likeness (QED) is 0.544. The van der Waals surface area contributed by atoms with Gasteiger partial charge >= 0.3 is 0 Å². The maximum absolute atomic E-state index is 12.3. The zero-order valence-corrected chi connectivity index (χ0v) is 15.8. The van der Waals surface area contributed by atoms with Gasteiger partial charge in [-0.15, -0.1) is 0 Å². The summed E-state index contributed by atoms with van der Waals surface area (Å²) in [5.74, 6) is -0.455. The number of hydrazone groups is 1. The van der Waals surface area contributed by atoms with Gasteiger partial charge in [0.15, 0.2) is 0 Å². The number of amides is 1. The molecule has 7 heteroatoms. The molecule has 0 heterocycles. The zero-order chi connectivity index (χ0) is 18.8. The minimum absolute atomic E-state index is 0.0113. The maximum Gasteiger partial charge on any atom is 0.288 e. The number of nitrogens with one attached hydrogen (secondary N) is 1. The molecule has 26 heavy (non-hydrogen) atoms. The van der Waals surface area contributed by atoms with E-state index in [1.165, 1.54) is 63.1 Å². The molecule has 1 aromatic carbocycles. The minimum Gasteiger partial charge on any atom is -0.267 e. The predicted octanol–water partition coefficient (Wildman–Crippen LogP) is 5.64. The average Bonchev–Trinajstić information content (AvgIpc) is 2.61. The summed E-state index contributed by atoms with van der Waals surface area (Å²) in [7, 11) is 0. The number of carbonyl (C=O) groups excluding carboxylic acids is 1. The largest absolute Gasteiger partial charge is 0.288 e. The molecule has 1 aliphatic rings. The number of nitro benzene ring substituents is 1. The van der Waals surface area contributed by atoms with Gasteiger partial charge in [0, 0.05) is 17.3 Å². The lowest BCUT2D eigenvalue weighted by Gasteiger charge is -2.10. The summed E-state index contributed by atoms with van der Waals surface area (Å²) in [4.78, 5) is 22.6. The van der Waals surface area contributed by atoms with E-state index in [9.17, 15) is 14.9 Å². The predicted molar refractivity (Wildman–Crippen MR) is 104 cm³/mol. The summed E-state index contributed by atoms with van der Waals surface area (Å²) in [5.41, 5.74) is 3.45. The van der Waals surface area contributed by atoms with Crippen molar-refractivity contribution in [2.24, 2.45) is 5.10 Å². The smallest absolute Gasteiger partial charge is 0.267 e. The fourth-order valence-electron chi connectivity index (χ4n) is 3.12. The van der Waals surface area contributed by atoms with Crippen molar-refractivity contribution >= 4 is 28.9 Å². The molecule has 1 fully saturated rings. The highest BCUT2D eigenvalue weighted by atomic mass is 35.5. The van der Waals surface area contributed by atoms with Crippen LogP contribution >= 0.6 is 11.6 Å². The average molecular weight is 380 g/mol. The number of halogens is 1. The van der Waals surface area contributed by atoms with Gasteiger partial charge in [-0.2, -0.15) is 5.10 Å². The van der Waals surface area contributed by atoms with Crippen LogP contribution in [0.5, 0.6) is 0 Å². The van der Waals surface area contributed by atoms with Crippen LogP contribution in [0.2, 0.25) is 5.02 Å². The van der Waals surface area contributed by atoms with Gasteiger partial charge in [-0.05, 0) is 37.8 Å². The van der Waals surface area contributed by atoms with Gasteiger partial charge in [0.25, 0.3) is 11.6 Å². The van der Waals surface area contributed by atoms with Crippen LogP contribution in [-0.4, -0.2) is 16.5 Å². The van der Waals surface area contributed by atoms with Crippen LogP contribution in [-0.2, 0) is 0 Å². The number of nitrogens with zero attached hydrogens (tertiary/aromatic N) is 2. The fraction of sp³-hybridized carbons (Fsp3) is 0.579. The van der Waals surface area contributed by atoms with Crippen molar-refractivity contribution in [3.05, 3.63) is 38.9 Å². The second-order valence-electron chi connectivity index (χ2n) is 6.72. The number of benzene rings is 1. The lowest BCUT2D eigenvalue weighted by Crippen LogP contribution is -2.20. The van der Waals surface area contributed by atoms with Crippen molar-refractivity contribution in [1.82, 2.24) is 5.43 Å². The third-order valence-electron chi connectivity index (χ3n) is 4.65. The van der Waals surface area contributed by atoms with Gasteiger partial charge < -0.3 is 0 Å².